The lowest BCUT2D eigenvalue weighted by Gasteiger charge is -2.33. The van der Waals surface area contributed by atoms with Gasteiger partial charge in [0.1, 0.15) is 12.6 Å². The first-order chi connectivity index (χ1) is 18.6. The zero-order valence-electron chi connectivity index (χ0n) is 22.8. The largest absolute Gasteiger partial charge is 0.352 e. The third kappa shape index (κ3) is 7.83. The van der Waals surface area contributed by atoms with Crippen LogP contribution >= 0.6 is 11.6 Å². The second-order valence-corrected chi connectivity index (χ2v) is 11.9. The monoisotopic (exact) mass is 569 g/mol. The van der Waals surface area contributed by atoms with Crippen LogP contribution in [0.15, 0.2) is 83.8 Å². The van der Waals surface area contributed by atoms with Crippen molar-refractivity contribution in [1.29, 1.82) is 0 Å². The summed E-state index contributed by atoms with van der Waals surface area (Å²) in [5.74, 6) is -0.747. The molecule has 39 heavy (non-hydrogen) atoms. The average molecular weight is 570 g/mol. The predicted molar refractivity (Wildman–Crippen MR) is 156 cm³/mol. The summed E-state index contributed by atoms with van der Waals surface area (Å²) in [6, 6.07) is 21.2. The molecule has 0 spiro atoms. The minimum Gasteiger partial charge on any atom is -0.352 e. The number of rotatable bonds is 12. The van der Waals surface area contributed by atoms with Gasteiger partial charge >= 0.3 is 0 Å². The molecule has 0 heterocycles. The fraction of sp³-hybridized carbons (Fsp3) is 0.333. The van der Waals surface area contributed by atoms with Gasteiger partial charge in [-0.15, -0.1) is 0 Å². The van der Waals surface area contributed by atoms with Gasteiger partial charge in [-0.25, -0.2) is 8.42 Å². The Morgan fingerprint density at radius 1 is 0.923 bits per heavy atom. The maximum Gasteiger partial charge on any atom is 0.264 e. The standard InChI is InChI=1S/C30H36ClN3O4S/c1-5-23(4)32-30(36)28(6-2)33(20-24-12-10-11-22(3)19-24)29(35)21-34(26-13-8-7-9-14-26)39(37,38)27-17-15-25(31)16-18-27/h7-19,23,28H,5-6,20-21H2,1-4H3,(H,32,36)/t23-,28+/m1/s1. The van der Waals surface area contributed by atoms with Gasteiger partial charge in [0, 0.05) is 17.6 Å². The zero-order valence-corrected chi connectivity index (χ0v) is 24.4. The summed E-state index contributed by atoms with van der Waals surface area (Å²) >= 11 is 5.99. The topological polar surface area (TPSA) is 86.8 Å². The van der Waals surface area contributed by atoms with E-state index in [9.17, 15) is 18.0 Å². The number of nitrogens with one attached hydrogen (secondary N) is 1. The maximum absolute atomic E-state index is 14.0. The van der Waals surface area contributed by atoms with E-state index in [2.05, 4.69) is 5.32 Å². The van der Waals surface area contributed by atoms with Crippen molar-refractivity contribution < 1.29 is 18.0 Å². The van der Waals surface area contributed by atoms with Gasteiger partial charge in [-0.2, -0.15) is 0 Å². The molecule has 0 aliphatic heterocycles. The zero-order chi connectivity index (χ0) is 28.6. The fourth-order valence-electron chi connectivity index (χ4n) is 4.22. The Balaban J connectivity index is 2.03. The molecule has 7 nitrogen and oxygen atoms in total. The molecule has 0 aromatic heterocycles. The van der Waals surface area contributed by atoms with Crippen molar-refractivity contribution >= 4 is 39.1 Å². The van der Waals surface area contributed by atoms with E-state index < -0.39 is 28.5 Å². The molecule has 2 atom stereocenters. The lowest BCUT2D eigenvalue weighted by molar-refractivity contribution is -0.140. The molecule has 0 fully saturated rings. The number of anilines is 1. The first-order valence-electron chi connectivity index (χ1n) is 13.1. The Kier molecular flexibility index (Phi) is 10.5. The highest BCUT2D eigenvalue weighted by molar-refractivity contribution is 7.92. The van der Waals surface area contributed by atoms with Crippen LogP contribution in [0.1, 0.15) is 44.7 Å². The minimum atomic E-state index is -4.13. The number of nitrogens with zero attached hydrogens (tertiary/aromatic N) is 2. The minimum absolute atomic E-state index is 0.00958. The molecule has 0 unspecified atom stereocenters. The predicted octanol–water partition coefficient (Wildman–Crippen LogP) is 5.57. The summed E-state index contributed by atoms with van der Waals surface area (Å²) in [6.07, 6.45) is 1.12. The molecule has 3 aromatic rings. The van der Waals surface area contributed by atoms with Crippen LogP contribution in [-0.2, 0) is 26.2 Å². The molecule has 0 saturated carbocycles. The van der Waals surface area contributed by atoms with E-state index in [1.807, 2.05) is 52.0 Å². The molecular formula is C30H36ClN3O4S. The van der Waals surface area contributed by atoms with Gasteiger partial charge in [0.15, 0.2) is 0 Å². The second-order valence-electron chi connectivity index (χ2n) is 9.55. The van der Waals surface area contributed by atoms with Gasteiger partial charge in [0.2, 0.25) is 11.8 Å². The summed E-state index contributed by atoms with van der Waals surface area (Å²) in [4.78, 5) is 28.8. The van der Waals surface area contributed by atoms with Crippen molar-refractivity contribution in [2.24, 2.45) is 0 Å². The van der Waals surface area contributed by atoms with Gasteiger partial charge in [-0.05, 0) is 68.7 Å². The number of aryl methyl sites for hydroxylation is 1. The highest BCUT2D eigenvalue weighted by Gasteiger charge is 2.33. The molecule has 208 valence electrons. The van der Waals surface area contributed by atoms with Gasteiger partial charge in [0.05, 0.1) is 10.6 Å². The van der Waals surface area contributed by atoms with Crippen LogP contribution in [0.25, 0.3) is 0 Å². The quantitative estimate of drug-likeness (QED) is 0.309. The van der Waals surface area contributed by atoms with Crippen LogP contribution in [-0.4, -0.2) is 43.8 Å². The van der Waals surface area contributed by atoms with Crippen LogP contribution in [0.5, 0.6) is 0 Å². The number of benzene rings is 3. The molecule has 2 amide bonds. The molecular weight excluding hydrogens is 534 g/mol. The van der Waals surface area contributed by atoms with Gasteiger partial charge in [-0.1, -0.05) is 73.5 Å². The molecule has 3 rings (SSSR count). The molecule has 0 bridgehead atoms. The second kappa shape index (κ2) is 13.6. The highest BCUT2D eigenvalue weighted by atomic mass is 35.5. The van der Waals surface area contributed by atoms with Crippen LogP contribution in [0.2, 0.25) is 5.02 Å². The number of halogens is 1. The van der Waals surface area contributed by atoms with E-state index in [0.29, 0.717) is 17.1 Å². The summed E-state index contributed by atoms with van der Waals surface area (Å²) in [7, 11) is -4.13. The number of hydrogen-bond donors (Lipinski definition) is 1. The normalized spacial score (nSPS) is 12.8. The van der Waals surface area contributed by atoms with Crippen molar-refractivity contribution in [2.45, 2.75) is 64.1 Å². The average Bonchev–Trinajstić information content (AvgIpc) is 2.92. The van der Waals surface area contributed by atoms with E-state index >= 15 is 0 Å². The fourth-order valence-corrected chi connectivity index (χ4v) is 5.76. The SMILES string of the molecule is CC[C@@H](C)NC(=O)[C@H](CC)N(Cc1cccc(C)c1)C(=O)CN(c1ccccc1)S(=O)(=O)c1ccc(Cl)cc1. The summed E-state index contributed by atoms with van der Waals surface area (Å²) < 4.78 is 28.7. The lowest BCUT2D eigenvalue weighted by atomic mass is 10.1. The molecule has 1 N–H and O–H groups in total. The van der Waals surface area contributed by atoms with E-state index in [1.54, 1.807) is 30.3 Å². The van der Waals surface area contributed by atoms with Crippen molar-refractivity contribution in [1.82, 2.24) is 10.2 Å². The number of hydrogen-bond acceptors (Lipinski definition) is 4. The van der Waals surface area contributed by atoms with E-state index in [1.165, 1.54) is 29.2 Å². The third-order valence-corrected chi connectivity index (χ3v) is 8.59. The number of amides is 2. The van der Waals surface area contributed by atoms with E-state index in [0.717, 1.165) is 21.9 Å². The van der Waals surface area contributed by atoms with Crippen LogP contribution in [0, 0.1) is 6.92 Å². The molecule has 3 aromatic carbocycles. The molecule has 0 radical (unpaired) electrons. The van der Waals surface area contributed by atoms with Crippen LogP contribution in [0.4, 0.5) is 5.69 Å². The number of carbonyl (C=O) groups is 2. The molecule has 0 aliphatic rings. The Labute approximate surface area is 236 Å². The smallest absolute Gasteiger partial charge is 0.264 e. The number of carbonyl (C=O) groups excluding carboxylic acids is 2. The Hall–Kier alpha value is -3.36. The van der Waals surface area contributed by atoms with Crippen LogP contribution in [0.3, 0.4) is 0 Å². The van der Waals surface area contributed by atoms with Crippen LogP contribution < -0.4 is 9.62 Å². The van der Waals surface area contributed by atoms with Crippen molar-refractivity contribution in [3.05, 3.63) is 95.0 Å². The van der Waals surface area contributed by atoms with E-state index in [-0.39, 0.29) is 23.4 Å². The maximum atomic E-state index is 14.0. The number of sulfonamides is 1. The van der Waals surface area contributed by atoms with Crippen molar-refractivity contribution in [2.75, 3.05) is 10.8 Å². The summed E-state index contributed by atoms with van der Waals surface area (Å²) in [5, 5.41) is 3.38. The van der Waals surface area contributed by atoms with E-state index in [4.69, 9.17) is 11.6 Å². The van der Waals surface area contributed by atoms with Crippen molar-refractivity contribution in [3.63, 3.8) is 0 Å². The summed E-state index contributed by atoms with van der Waals surface area (Å²) in [5.41, 5.74) is 2.21. The Morgan fingerprint density at radius 2 is 1.59 bits per heavy atom. The first-order valence-corrected chi connectivity index (χ1v) is 14.9. The van der Waals surface area contributed by atoms with Gasteiger partial charge in [0.25, 0.3) is 10.0 Å². The van der Waals surface area contributed by atoms with Crippen molar-refractivity contribution in [3.8, 4) is 0 Å². The Bertz CT molecular complexity index is 1360. The molecule has 0 saturated heterocycles. The molecule has 9 heteroatoms. The molecule has 0 aliphatic carbocycles. The first kappa shape index (κ1) is 30.2. The summed E-state index contributed by atoms with van der Waals surface area (Å²) in [6.45, 7) is 7.37. The third-order valence-electron chi connectivity index (χ3n) is 6.55. The lowest BCUT2D eigenvalue weighted by Crippen LogP contribution is -2.53. The Morgan fingerprint density at radius 3 is 2.18 bits per heavy atom. The van der Waals surface area contributed by atoms with Gasteiger partial charge in [-0.3, -0.25) is 13.9 Å². The number of para-hydroxylation sites is 1. The highest BCUT2D eigenvalue weighted by Crippen LogP contribution is 2.25. The van der Waals surface area contributed by atoms with Gasteiger partial charge < -0.3 is 10.2 Å².